The first-order valence-electron chi connectivity index (χ1n) is 9.37. The van der Waals surface area contributed by atoms with Crippen molar-refractivity contribution in [1.82, 2.24) is 19.5 Å². The van der Waals surface area contributed by atoms with Crippen LogP contribution in [0.25, 0.3) is 5.65 Å². The fourth-order valence-electron chi connectivity index (χ4n) is 3.63. The molecule has 8 heteroatoms. The van der Waals surface area contributed by atoms with Crippen LogP contribution < -0.4 is 5.32 Å². The van der Waals surface area contributed by atoms with Crippen LogP contribution in [0.4, 0.5) is 5.69 Å². The van der Waals surface area contributed by atoms with E-state index in [1.165, 1.54) is 0 Å². The Bertz CT molecular complexity index is 961. The molecular formula is C20H21Cl2N5O. The molecule has 3 aromatic rings. The number of hydrogen-bond donors (Lipinski definition) is 1. The molecule has 0 bridgehead atoms. The summed E-state index contributed by atoms with van der Waals surface area (Å²) in [6.07, 6.45) is 4.43. The van der Waals surface area contributed by atoms with Crippen LogP contribution in [0.3, 0.4) is 0 Å². The highest BCUT2D eigenvalue weighted by Crippen LogP contribution is 2.30. The predicted molar refractivity (Wildman–Crippen MR) is 111 cm³/mol. The molecule has 3 heterocycles. The van der Waals surface area contributed by atoms with Gasteiger partial charge in [0.2, 0.25) is 5.91 Å². The SMILES string of the molecule is O=C(CCN1CCC(c2nnc3ccccn23)CC1)Nc1c(Cl)cccc1Cl. The van der Waals surface area contributed by atoms with Crippen LogP contribution in [-0.4, -0.2) is 45.0 Å². The minimum absolute atomic E-state index is 0.0828. The Balaban J connectivity index is 1.28. The Hall–Kier alpha value is -2.15. The Morgan fingerprint density at radius 2 is 1.82 bits per heavy atom. The number of nitrogens with zero attached hydrogens (tertiary/aromatic N) is 4. The minimum Gasteiger partial charge on any atom is -0.324 e. The number of halogens is 2. The number of rotatable bonds is 5. The van der Waals surface area contributed by atoms with Crippen LogP contribution in [0, 0.1) is 0 Å². The minimum atomic E-state index is -0.0828. The van der Waals surface area contributed by atoms with Gasteiger partial charge in [0.05, 0.1) is 15.7 Å². The van der Waals surface area contributed by atoms with Gasteiger partial charge in [0, 0.05) is 25.1 Å². The second kappa shape index (κ2) is 8.47. The van der Waals surface area contributed by atoms with Gasteiger partial charge in [0.15, 0.2) is 5.65 Å². The van der Waals surface area contributed by atoms with Gasteiger partial charge in [-0.25, -0.2) is 0 Å². The van der Waals surface area contributed by atoms with Gasteiger partial charge in [-0.15, -0.1) is 10.2 Å². The van der Waals surface area contributed by atoms with Crippen molar-refractivity contribution in [3.8, 4) is 0 Å². The fraction of sp³-hybridized carbons (Fsp3) is 0.350. The van der Waals surface area contributed by atoms with Crippen molar-refractivity contribution in [1.29, 1.82) is 0 Å². The van der Waals surface area contributed by atoms with Crippen molar-refractivity contribution in [3.63, 3.8) is 0 Å². The van der Waals surface area contributed by atoms with E-state index >= 15 is 0 Å². The van der Waals surface area contributed by atoms with Crippen molar-refractivity contribution in [2.24, 2.45) is 0 Å². The van der Waals surface area contributed by atoms with Crippen LogP contribution in [0.2, 0.25) is 10.0 Å². The van der Waals surface area contributed by atoms with E-state index in [1.807, 2.05) is 24.4 Å². The molecule has 1 aliphatic rings. The van der Waals surface area contributed by atoms with E-state index in [2.05, 4.69) is 24.8 Å². The molecule has 1 aliphatic heterocycles. The molecule has 1 aromatic carbocycles. The van der Waals surface area contributed by atoms with Gasteiger partial charge in [-0.3, -0.25) is 9.20 Å². The summed E-state index contributed by atoms with van der Waals surface area (Å²) in [5.74, 6) is 1.34. The molecule has 0 aliphatic carbocycles. The van der Waals surface area contributed by atoms with Crippen molar-refractivity contribution < 1.29 is 4.79 Å². The number of para-hydroxylation sites is 1. The summed E-state index contributed by atoms with van der Waals surface area (Å²) in [6.45, 7) is 2.58. The molecule has 146 valence electrons. The monoisotopic (exact) mass is 417 g/mol. The number of pyridine rings is 1. The van der Waals surface area contributed by atoms with Crippen LogP contribution in [0.15, 0.2) is 42.6 Å². The average molecular weight is 418 g/mol. The molecule has 0 atom stereocenters. The molecule has 4 rings (SSSR count). The van der Waals surface area contributed by atoms with Gasteiger partial charge in [-0.2, -0.15) is 0 Å². The maximum atomic E-state index is 12.3. The highest BCUT2D eigenvalue weighted by molar-refractivity contribution is 6.39. The Morgan fingerprint density at radius 1 is 1.07 bits per heavy atom. The topological polar surface area (TPSA) is 62.5 Å². The number of nitrogens with one attached hydrogen (secondary N) is 1. The van der Waals surface area contributed by atoms with Gasteiger partial charge in [-0.1, -0.05) is 35.3 Å². The van der Waals surface area contributed by atoms with Gasteiger partial charge in [0.25, 0.3) is 0 Å². The van der Waals surface area contributed by atoms with Crippen LogP contribution in [0.5, 0.6) is 0 Å². The van der Waals surface area contributed by atoms with Crippen LogP contribution in [-0.2, 0) is 4.79 Å². The summed E-state index contributed by atoms with van der Waals surface area (Å²) >= 11 is 12.2. The second-order valence-electron chi connectivity index (χ2n) is 7.00. The average Bonchev–Trinajstić information content (AvgIpc) is 3.14. The number of anilines is 1. The molecule has 28 heavy (non-hydrogen) atoms. The third-order valence-electron chi connectivity index (χ3n) is 5.18. The zero-order valence-corrected chi connectivity index (χ0v) is 16.8. The number of likely N-dealkylation sites (tertiary alicyclic amines) is 1. The highest BCUT2D eigenvalue weighted by Gasteiger charge is 2.24. The normalized spacial score (nSPS) is 15.8. The lowest BCUT2D eigenvalue weighted by Gasteiger charge is -2.31. The van der Waals surface area contributed by atoms with Gasteiger partial charge >= 0.3 is 0 Å². The van der Waals surface area contributed by atoms with Crippen molar-refractivity contribution in [2.75, 3.05) is 25.0 Å². The molecule has 0 spiro atoms. The van der Waals surface area contributed by atoms with Gasteiger partial charge < -0.3 is 10.2 Å². The summed E-state index contributed by atoms with van der Waals surface area (Å²) in [7, 11) is 0. The largest absolute Gasteiger partial charge is 0.324 e. The summed E-state index contributed by atoms with van der Waals surface area (Å²) in [5, 5.41) is 12.3. The van der Waals surface area contributed by atoms with Gasteiger partial charge in [-0.05, 0) is 50.2 Å². The van der Waals surface area contributed by atoms with E-state index in [1.54, 1.807) is 18.2 Å². The zero-order chi connectivity index (χ0) is 19.5. The predicted octanol–water partition coefficient (Wildman–Crippen LogP) is 4.24. The van der Waals surface area contributed by atoms with E-state index < -0.39 is 0 Å². The number of piperidine rings is 1. The molecule has 1 saturated heterocycles. The van der Waals surface area contributed by atoms with Crippen molar-refractivity contribution >= 4 is 40.4 Å². The lowest BCUT2D eigenvalue weighted by atomic mass is 9.96. The van der Waals surface area contributed by atoms with Gasteiger partial charge in [0.1, 0.15) is 5.82 Å². The Morgan fingerprint density at radius 3 is 2.57 bits per heavy atom. The molecule has 1 fully saturated rings. The molecule has 1 N–H and O–H groups in total. The lowest BCUT2D eigenvalue weighted by Crippen LogP contribution is -2.35. The fourth-order valence-corrected chi connectivity index (χ4v) is 4.12. The quantitative estimate of drug-likeness (QED) is 0.673. The molecule has 0 unspecified atom stereocenters. The number of aromatic nitrogens is 3. The molecule has 0 radical (unpaired) electrons. The number of amides is 1. The first kappa shape index (κ1) is 19.2. The highest BCUT2D eigenvalue weighted by atomic mass is 35.5. The summed E-state index contributed by atoms with van der Waals surface area (Å²) < 4.78 is 2.07. The van der Waals surface area contributed by atoms with Crippen LogP contribution in [0.1, 0.15) is 31.0 Å². The third kappa shape index (κ3) is 4.14. The first-order valence-corrected chi connectivity index (χ1v) is 10.1. The molecule has 6 nitrogen and oxygen atoms in total. The van der Waals surface area contributed by atoms with E-state index in [0.29, 0.717) is 34.6 Å². The first-order chi connectivity index (χ1) is 13.6. The summed E-state index contributed by atoms with van der Waals surface area (Å²) in [4.78, 5) is 14.6. The van der Waals surface area contributed by atoms with Crippen molar-refractivity contribution in [3.05, 3.63) is 58.5 Å². The Labute approximate surface area is 173 Å². The number of fused-ring (bicyclic) bond motifs is 1. The standard InChI is InChI=1S/C20H21Cl2N5O/c21-15-4-3-5-16(22)19(15)23-18(28)9-13-26-11-7-14(8-12-26)20-25-24-17-6-1-2-10-27(17)20/h1-6,10,14H,7-9,11-13H2,(H,23,28). The third-order valence-corrected chi connectivity index (χ3v) is 5.81. The molecule has 0 saturated carbocycles. The van der Waals surface area contributed by atoms with E-state index in [4.69, 9.17) is 23.2 Å². The lowest BCUT2D eigenvalue weighted by molar-refractivity contribution is -0.116. The Kier molecular flexibility index (Phi) is 5.80. The molecule has 1 amide bonds. The summed E-state index contributed by atoms with van der Waals surface area (Å²) in [5.41, 5.74) is 1.36. The number of carbonyl (C=O) groups excluding carboxylic acids is 1. The maximum Gasteiger partial charge on any atom is 0.225 e. The van der Waals surface area contributed by atoms with E-state index in [0.717, 1.165) is 37.4 Å². The summed E-state index contributed by atoms with van der Waals surface area (Å²) in [6, 6.07) is 11.1. The smallest absolute Gasteiger partial charge is 0.225 e. The number of carbonyl (C=O) groups is 1. The molecular weight excluding hydrogens is 397 g/mol. The molecule has 2 aromatic heterocycles. The van der Waals surface area contributed by atoms with Crippen molar-refractivity contribution in [2.45, 2.75) is 25.2 Å². The number of hydrogen-bond acceptors (Lipinski definition) is 4. The second-order valence-corrected chi connectivity index (χ2v) is 7.81. The zero-order valence-electron chi connectivity index (χ0n) is 15.3. The van der Waals surface area contributed by atoms with E-state index in [9.17, 15) is 4.79 Å². The van der Waals surface area contributed by atoms with E-state index in [-0.39, 0.29) is 5.91 Å². The number of benzene rings is 1. The van der Waals surface area contributed by atoms with Crippen LogP contribution >= 0.6 is 23.2 Å². The maximum absolute atomic E-state index is 12.3.